The summed E-state index contributed by atoms with van der Waals surface area (Å²) in [4.78, 5) is 13.3. The minimum absolute atomic E-state index is 0.0400. The van der Waals surface area contributed by atoms with Crippen molar-refractivity contribution in [2.45, 2.75) is 13.5 Å². The monoisotopic (exact) mass is 341 g/mol. The van der Waals surface area contributed by atoms with Crippen molar-refractivity contribution in [2.24, 2.45) is 0 Å². The lowest BCUT2D eigenvalue weighted by Crippen LogP contribution is -2.23. The summed E-state index contributed by atoms with van der Waals surface area (Å²) in [6, 6.07) is 15.5. The van der Waals surface area contributed by atoms with Crippen molar-refractivity contribution < 1.29 is 14.6 Å². The van der Waals surface area contributed by atoms with Gasteiger partial charge in [-0.3, -0.25) is 4.79 Å². The lowest BCUT2D eigenvalue weighted by atomic mass is 10.1. The number of benzene rings is 2. The van der Waals surface area contributed by atoms with Crippen molar-refractivity contribution in [1.29, 1.82) is 0 Å². The van der Waals surface area contributed by atoms with Gasteiger partial charge in [-0.25, -0.2) is 0 Å². The number of para-hydroxylation sites is 1. The fourth-order valence-corrected chi connectivity index (χ4v) is 3.72. The topological polar surface area (TPSA) is 58.6 Å². The number of rotatable bonds is 6. The second-order valence-corrected chi connectivity index (χ2v) is 6.47. The first kappa shape index (κ1) is 16.5. The van der Waals surface area contributed by atoms with E-state index < -0.39 is 0 Å². The van der Waals surface area contributed by atoms with Crippen LogP contribution in [0, 0.1) is 6.92 Å². The Balaban J connectivity index is 1.74. The van der Waals surface area contributed by atoms with E-state index in [-0.39, 0.29) is 19.1 Å². The average molecular weight is 341 g/mol. The molecule has 0 bridgehead atoms. The maximum atomic E-state index is 12.6. The highest BCUT2D eigenvalue weighted by atomic mass is 32.1. The highest BCUT2D eigenvalue weighted by molar-refractivity contribution is 7.21. The van der Waals surface area contributed by atoms with Crippen LogP contribution < -0.4 is 10.1 Å². The molecule has 0 aliphatic carbocycles. The molecule has 5 heteroatoms. The number of aryl methyl sites for hydroxylation is 1. The van der Waals surface area contributed by atoms with Crippen LogP contribution in [0.4, 0.5) is 0 Å². The van der Waals surface area contributed by atoms with Gasteiger partial charge in [0, 0.05) is 16.8 Å². The Kier molecular flexibility index (Phi) is 5.13. The number of carbonyl (C=O) groups is 1. The molecule has 0 saturated heterocycles. The van der Waals surface area contributed by atoms with Crippen LogP contribution in [0.2, 0.25) is 0 Å². The van der Waals surface area contributed by atoms with Gasteiger partial charge in [0.15, 0.2) is 0 Å². The zero-order valence-electron chi connectivity index (χ0n) is 13.4. The summed E-state index contributed by atoms with van der Waals surface area (Å²) in [7, 11) is 0. The van der Waals surface area contributed by atoms with Crippen molar-refractivity contribution in [3.05, 3.63) is 64.5 Å². The zero-order valence-corrected chi connectivity index (χ0v) is 14.2. The highest BCUT2D eigenvalue weighted by Gasteiger charge is 2.15. The van der Waals surface area contributed by atoms with E-state index in [0.717, 1.165) is 26.1 Å². The molecule has 0 aliphatic rings. The molecule has 2 aromatic carbocycles. The smallest absolute Gasteiger partial charge is 0.261 e. The van der Waals surface area contributed by atoms with Gasteiger partial charge in [0.1, 0.15) is 12.4 Å². The van der Waals surface area contributed by atoms with Crippen molar-refractivity contribution >= 4 is 27.3 Å². The summed E-state index contributed by atoms with van der Waals surface area (Å²) >= 11 is 1.51. The summed E-state index contributed by atoms with van der Waals surface area (Å²) in [5, 5.41) is 13.0. The van der Waals surface area contributed by atoms with E-state index in [2.05, 4.69) is 5.32 Å². The fraction of sp³-hybridized carbons (Fsp3) is 0.211. The lowest BCUT2D eigenvalue weighted by Gasteiger charge is -2.11. The molecular weight excluding hydrogens is 322 g/mol. The number of aliphatic hydroxyl groups is 1. The molecule has 4 nitrogen and oxygen atoms in total. The molecule has 1 heterocycles. The average Bonchev–Trinajstić information content (AvgIpc) is 2.96. The third-order valence-corrected chi connectivity index (χ3v) is 5.08. The molecule has 0 radical (unpaired) electrons. The van der Waals surface area contributed by atoms with Crippen molar-refractivity contribution in [3.8, 4) is 5.75 Å². The number of hydrogen-bond donors (Lipinski definition) is 2. The Labute approximate surface area is 144 Å². The number of nitrogens with one attached hydrogen (secondary N) is 1. The second-order valence-electron chi connectivity index (χ2n) is 5.41. The van der Waals surface area contributed by atoms with Crippen LogP contribution in [0.5, 0.6) is 5.75 Å². The molecule has 0 spiro atoms. The summed E-state index contributed by atoms with van der Waals surface area (Å²) < 4.78 is 6.61. The van der Waals surface area contributed by atoms with E-state index in [0.29, 0.717) is 12.3 Å². The number of ether oxygens (including phenoxy) is 1. The Bertz CT molecular complexity index is 857. The molecule has 0 saturated carbocycles. The largest absolute Gasteiger partial charge is 0.491 e. The molecule has 1 amide bonds. The van der Waals surface area contributed by atoms with E-state index in [4.69, 9.17) is 9.84 Å². The first-order valence-corrected chi connectivity index (χ1v) is 8.60. The standard InChI is InChI=1S/C19H19NO3S/c1-13-15-7-3-5-9-17(15)24-18(13)19(22)20-12-14-6-2-4-8-16(14)23-11-10-21/h2-9,21H,10-12H2,1H3,(H,20,22). The van der Waals surface area contributed by atoms with Crippen LogP contribution >= 0.6 is 11.3 Å². The van der Waals surface area contributed by atoms with Crippen LogP contribution in [0.1, 0.15) is 20.8 Å². The van der Waals surface area contributed by atoms with Crippen LogP contribution in [-0.2, 0) is 6.54 Å². The lowest BCUT2D eigenvalue weighted by molar-refractivity contribution is 0.0954. The Morgan fingerprint density at radius 1 is 1.17 bits per heavy atom. The first-order chi connectivity index (χ1) is 11.7. The van der Waals surface area contributed by atoms with Gasteiger partial charge in [-0.15, -0.1) is 11.3 Å². The van der Waals surface area contributed by atoms with Gasteiger partial charge in [-0.05, 0) is 30.0 Å². The molecule has 0 fully saturated rings. The third kappa shape index (κ3) is 3.42. The number of carbonyl (C=O) groups excluding carboxylic acids is 1. The number of fused-ring (bicyclic) bond motifs is 1. The molecule has 3 rings (SSSR count). The normalized spacial score (nSPS) is 10.8. The van der Waals surface area contributed by atoms with Crippen LogP contribution in [0.15, 0.2) is 48.5 Å². The SMILES string of the molecule is Cc1c(C(=O)NCc2ccccc2OCCO)sc2ccccc12. The minimum atomic E-state index is -0.0781. The maximum Gasteiger partial charge on any atom is 0.261 e. The maximum absolute atomic E-state index is 12.6. The van der Waals surface area contributed by atoms with E-state index in [1.807, 2.05) is 55.5 Å². The van der Waals surface area contributed by atoms with Gasteiger partial charge in [0.05, 0.1) is 11.5 Å². The number of aliphatic hydroxyl groups excluding tert-OH is 1. The second kappa shape index (κ2) is 7.47. The Hall–Kier alpha value is -2.37. The van der Waals surface area contributed by atoms with Gasteiger partial charge >= 0.3 is 0 Å². The Morgan fingerprint density at radius 2 is 1.92 bits per heavy atom. The quantitative estimate of drug-likeness (QED) is 0.721. The molecule has 0 aliphatic heterocycles. The van der Waals surface area contributed by atoms with Crippen LogP contribution in [0.25, 0.3) is 10.1 Å². The van der Waals surface area contributed by atoms with Gasteiger partial charge in [0.25, 0.3) is 5.91 Å². The molecular formula is C19H19NO3S. The Morgan fingerprint density at radius 3 is 2.71 bits per heavy atom. The molecule has 1 aromatic heterocycles. The summed E-state index contributed by atoms with van der Waals surface area (Å²) in [6.07, 6.45) is 0. The van der Waals surface area contributed by atoms with Gasteiger partial charge < -0.3 is 15.2 Å². The summed E-state index contributed by atoms with van der Waals surface area (Å²) in [6.45, 7) is 2.56. The third-order valence-electron chi connectivity index (χ3n) is 3.81. The summed E-state index contributed by atoms with van der Waals surface area (Å²) in [5.41, 5.74) is 1.90. The van der Waals surface area contributed by atoms with Crippen LogP contribution in [-0.4, -0.2) is 24.2 Å². The molecule has 3 aromatic rings. The molecule has 2 N–H and O–H groups in total. The van der Waals surface area contributed by atoms with E-state index in [1.54, 1.807) is 0 Å². The number of hydrogen-bond acceptors (Lipinski definition) is 4. The van der Waals surface area contributed by atoms with Gasteiger partial charge in [-0.1, -0.05) is 36.4 Å². The van der Waals surface area contributed by atoms with E-state index in [9.17, 15) is 4.79 Å². The van der Waals surface area contributed by atoms with Crippen LogP contribution in [0.3, 0.4) is 0 Å². The fourth-order valence-electron chi connectivity index (χ4n) is 2.59. The zero-order chi connectivity index (χ0) is 16.9. The predicted octanol–water partition coefficient (Wildman–Crippen LogP) is 3.51. The predicted molar refractivity (Wildman–Crippen MR) is 96.8 cm³/mol. The van der Waals surface area contributed by atoms with Crippen molar-refractivity contribution in [2.75, 3.05) is 13.2 Å². The molecule has 124 valence electrons. The molecule has 24 heavy (non-hydrogen) atoms. The van der Waals surface area contributed by atoms with Gasteiger partial charge in [0.2, 0.25) is 0 Å². The van der Waals surface area contributed by atoms with E-state index in [1.165, 1.54) is 11.3 Å². The highest BCUT2D eigenvalue weighted by Crippen LogP contribution is 2.30. The van der Waals surface area contributed by atoms with Gasteiger partial charge in [-0.2, -0.15) is 0 Å². The number of amides is 1. The molecule has 0 unspecified atom stereocenters. The van der Waals surface area contributed by atoms with Crippen molar-refractivity contribution in [3.63, 3.8) is 0 Å². The van der Waals surface area contributed by atoms with E-state index >= 15 is 0 Å². The molecule has 0 atom stereocenters. The summed E-state index contributed by atoms with van der Waals surface area (Å²) in [5.74, 6) is 0.602. The first-order valence-electron chi connectivity index (χ1n) is 7.78. The minimum Gasteiger partial charge on any atom is -0.491 e. The van der Waals surface area contributed by atoms with Crippen molar-refractivity contribution in [1.82, 2.24) is 5.32 Å². The number of thiophene rings is 1.